The average molecular weight is 172 g/mol. The zero-order chi connectivity index (χ0) is 9.03. The van der Waals surface area contributed by atoms with Crippen LogP contribution in [0.5, 0.6) is 0 Å². The van der Waals surface area contributed by atoms with Crippen LogP contribution in [0.15, 0.2) is 0 Å². The van der Waals surface area contributed by atoms with E-state index in [9.17, 15) is 10.2 Å². The van der Waals surface area contributed by atoms with E-state index in [-0.39, 0.29) is 18.6 Å². The maximum absolute atomic E-state index is 9.25. The molecule has 1 unspecified atom stereocenters. The molecule has 2 nitrogen and oxygen atoms in total. The molecule has 1 fully saturated rings. The lowest BCUT2D eigenvalue weighted by Gasteiger charge is -2.31. The summed E-state index contributed by atoms with van der Waals surface area (Å²) < 4.78 is 0. The minimum absolute atomic E-state index is 0.143. The molecule has 0 bridgehead atoms. The molecule has 0 aromatic heterocycles. The molecule has 72 valence electrons. The second-order valence-corrected chi connectivity index (χ2v) is 4.06. The fraction of sp³-hybridized carbons (Fsp3) is 1.00. The molecule has 1 saturated carbocycles. The first kappa shape index (κ1) is 10.0. The molecule has 0 spiro atoms. The molecule has 2 heteroatoms. The van der Waals surface area contributed by atoms with Crippen molar-refractivity contribution in [2.75, 3.05) is 13.2 Å². The summed E-state index contributed by atoms with van der Waals surface area (Å²) in [5.41, 5.74) is -0.143. The third-order valence-electron chi connectivity index (χ3n) is 3.36. The molecule has 12 heavy (non-hydrogen) atoms. The third-order valence-corrected chi connectivity index (χ3v) is 3.36. The van der Waals surface area contributed by atoms with Gasteiger partial charge in [0.2, 0.25) is 0 Å². The van der Waals surface area contributed by atoms with Gasteiger partial charge >= 0.3 is 0 Å². The summed E-state index contributed by atoms with van der Waals surface area (Å²) in [5.74, 6) is 0.553. The van der Waals surface area contributed by atoms with Crippen molar-refractivity contribution in [2.45, 2.75) is 39.0 Å². The summed E-state index contributed by atoms with van der Waals surface area (Å²) in [6.07, 6.45) is 5.68. The molecule has 2 N–H and O–H groups in total. The molecule has 0 amide bonds. The molecule has 1 atom stereocenters. The Bertz CT molecular complexity index is 130. The topological polar surface area (TPSA) is 40.5 Å². The fourth-order valence-corrected chi connectivity index (χ4v) is 2.48. The van der Waals surface area contributed by atoms with Crippen LogP contribution >= 0.6 is 0 Å². The molecule has 0 heterocycles. The van der Waals surface area contributed by atoms with E-state index >= 15 is 0 Å². The van der Waals surface area contributed by atoms with Crippen molar-refractivity contribution in [3.05, 3.63) is 0 Å². The summed E-state index contributed by atoms with van der Waals surface area (Å²) in [6, 6.07) is 0. The smallest absolute Gasteiger partial charge is 0.0512 e. The van der Waals surface area contributed by atoms with Crippen molar-refractivity contribution in [2.24, 2.45) is 11.3 Å². The number of aliphatic hydroxyl groups is 2. The van der Waals surface area contributed by atoms with Gasteiger partial charge in [0, 0.05) is 5.41 Å². The van der Waals surface area contributed by atoms with E-state index in [1.165, 1.54) is 12.8 Å². The molecule has 0 saturated heterocycles. The van der Waals surface area contributed by atoms with Gasteiger partial charge in [-0.3, -0.25) is 0 Å². The molecule has 0 aromatic rings. The van der Waals surface area contributed by atoms with Crippen LogP contribution in [0.3, 0.4) is 0 Å². The number of aliphatic hydroxyl groups excluding tert-OH is 2. The van der Waals surface area contributed by atoms with Crippen molar-refractivity contribution >= 4 is 0 Å². The highest BCUT2D eigenvalue weighted by Gasteiger charge is 2.40. The lowest BCUT2D eigenvalue weighted by atomic mass is 9.77. The largest absolute Gasteiger partial charge is 0.396 e. The molecule has 0 aliphatic heterocycles. The van der Waals surface area contributed by atoms with Crippen LogP contribution in [-0.4, -0.2) is 23.4 Å². The van der Waals surface area contributed by atoms with E-state index in [0.717, 1.165) is 19.3 Å². The Morgan fingerprint density at radius 1 is 1.33 bits per heavy atom. The van der Waals surface area contributed by atoms with Gasteiger partial charge in [-0.15, -0.1) is 0 Å². The second kappa shape index (κ2) is 4.24. The summed E-state index contributed by atoms with van der Waals surface area (Å²) in [7, 11) is 0. The number of rotatable bonds is 4. The van der Waals surface area contributed by atoms with E-state index in [0.29, 0.717) is 5.92 Å². The number of hydrogen-bond acceptors (Lipinski definition) is 2. The molecule has 1 aliphatic rings. The van der Waals surface area contributed by atoms with Gasteiger partial charge in [0.05, 0.1) is 13.2 Å². The Balaban J connectivity index is 2.58. The van der Waals surface area contributed by atoms with Crippen LogP contribution < -0.4 is 0 Å². The van der Waals surface area contributed by atoms with Gasteiger partial charge in [0.15, 0.2) is 0 Å². The van der Waals surface area contributed by atoms with E-state index in [1.54, 1.807) is 0 Å². The molecule has 0 radical (unpaired) electrons. The first-order chi connectivity index (χ1) is 5.79. The maximum Gasteiger partial charge on any atom is 0.0512 e. The average Bonchev–Trinajstić information content (AvgIpc) is 2.50. The van der Waals surface area contributed by atoms with Crippen molar-refractivity contribution in [1.82, 2.24) is 0 Å². The quantitative estimate of drug-likeness (QED) is 0.675. The van der Waals surface area contributed by atoms with Crippen LogP contribution in [0, 0.1) is 11.3 Å². The van der Waals surface area contributed by atoms with E-state index in [4.69, 9.17) is 0 Å². The molecule has 1 aliphatic carbocycles. The maximum atomic E-state index is 9.25. The van der Waals surface area contributed by atoms with Gasteiger partial charge in [-0.2, -0.15) is 0 Å². The SMILES string of the molecule is CCCC1CCCC1(CO)CO. The lowest BCUT2D eigenvalue weighted by molar-refractivity contribution is 0.0195. The fourth-order valence-electron chi connectivity index (χ4n) is 2.48. The first-order valence-corrected chi connectivity index (χ1v) is 5.01. The number of hydrogen-bond donors (Lipinski definition) is 2. The Kier molecular flexibility index (Phi) is 3.53. The van der Waals surface area contributed by atoms with Crippen molar-refractivity contribution in [3.8, 4) is 0 Å². The normalized spacial score (nSPS) is 27.8. The molecule has 1 rings (SSSR count). The van der Waals surface area contributed by atoms with Gasteiger partial charge in [0.1, 0.15) is 0 Å². The van der Waals surface area contributed by atoms with Gasteiger partial charge in [-0.25, -0.2) is 0 Å². The minimum Gasteiger partial charge on any atom is -0.396 e. The predicted octanol–water partition coefficient (Wildman–Crippen LogP) is 1.56. The Labute approximate surface area is 74.6 Å². The highest BCUT2D eigenvalue weighted by Crippen LogP contribution is 2.44. The zero-order valence-electron chi connectivity index (χ0n) is 7.92. The summed E-state index contributed by atoms with van der Waals surface area (Å²) in [4.78, 5) is 0. The highest BCUT2D eigenvalue weighted by atomic mass is 16.3. The summed E-state index contributed by atoms with van der Waals surface area (Å²) >= 11 is 0. The predicted molar refractivity (Wildman–Crippen MR) is 48.9 cm³/mol. The zero-order valence-corrected chi connectivity index (χ0v) is 7.92. The van der Waals surface area contributed by atoms with Crippen LogP contribution in [0.2, 0.25) is 0 Å². The van der Waals surface area contributed by atoms with Gasteiger partial charge < -0.3 is 10.2 Å². The highest BCUT2D eigenvalue weighted by molar-refractivity contribution is 4.90. The van der Waals surface area contributed by atoms with E-state index in [1.807, 2.05) is 0 Å². The van der Waals surface area contributed by atoms with Crippen molar-refractivity contribution in [3.63, 3.8) is 0 Å². The third kappa shape index (κ3) is 1.64. The van der Waals surface area contributed by atoms with Crippen LogP contribution in [-0.2, 0) is 0 Å². The van der Waals surface area contributed by atoms with E-state index in [2.05, 4.69) is 6.92 Å². The van der Waals surface area contributed by atoms with Gasteiger partial charge in [0.25, 0.3) is 0 Å². The minimum atomic E-state index is -0.143. The summed E-state index contributed by atoms with van der Waals surface area (Å²) in [6.45, 7) is 2.49. The monoisotopic (exact) mass is 172 g/mol. The van der Waals surface area contributed by atoms with E-state index < -0.39 is 0 Å². The molecule has 0 aromatic carbocycles. The molecular formula is C10H20O2. The van der Waals surface area contributed by atoms with Gasteiger partial charge in [-0.05, 0) is 18.8 Å². The van der Waals surface area contributed by atoms with Gasteiger partial charge in [-0.1, -0.05) is 26.2 Å². The molecular weight excluding hydrogens is 152 g/mol. The van der Waals surface area contributed by atoms with Crippen LogP contribution in [0.4, 0.5) is 0 Å². The summed E-state index contributed by atoms with van der Waals surface area (Å²) in [5, 5.41) is 18.5. The van der Waals surface area contributed by atoms with Crippen molar-refractivity contribution in [1.29, 1.82) is 0 Å². The Morgan fingerprint density at radius 2 is 2.00 bits per heavy atom. The standard InChI is InChI=1S/C10H20O2/c1-2-4-9-5-3-6-10(9,7-11)8-12/h9,11-12H,2-8H2,1H3. The second-order valence-electron chi connectivity index (χ2n) is 4.06. The Morgan fingerprint density at radius 3 is 2.50 bits per heavy atom. The van der Waals surface area contributed by atoms with Crippen molar-refractivity contribution < 1.29 is 10.2 Å². The Hall–Kier alpha value is -0.0800. The first-order valence-electron chi connectivity index (χ1n) is 5.01. The van der Waals surface area contributed by atoms with Crippen LogP contribution in [0.1, 0.15) is 39.0 Å². The lowest BCUT2D eigenvalue weighted by Crippen LogP contribution is -2.33. The van der Waals surface area contributed by atoms with Crippen LogP contribution in [0.25, 0.3) is 0 Å².